The van der Waals surface area contributed by atoms with Crippen LogP contribution in [0.5, 0.6) is 0 Å². The minimum Gasteiger partial charge on any atom is -0.201 e. The van der Waals surface area contributed by atoms with Crippen molar-refractivity contribution in [2.24, 2.45) is 35.2 Å². The van der Waals surface area contributed by atoms with Crippen molar-refractivity contribution < 1.29 is 31.1 Å². The van der Waals surface area contributed by atoms with Crippen LogP contribution in [0.1, 0.15) is 141 Å². The lowest BCUT2D eigenvalue weighted by atomic mass is 10.0. The fourth-order valence-electron chi connectivity index (χ4n) is 9.90. The van der Waals surface area contributed by atoms with Crippen LogP contribution in [0.4, 0.5) is 0 Å². The Morgan fingerprint density at radius 2 is 0.605 bits per heavy atom. The summed E-state index contributed by atoms with van der Waals surface area (Å²) in [5.41, 5.74) is 24.1. The highest BCUT2D eigenvalue weighted by Gasteiger charge is 2.17. The predicted molar refractivity (Wildman–Crippen MR) is 374 cm³/mol. The highest BCUT2D eigenvalue weighted by Crippen LogP contribution is 2.26. The first kappa shape index (κ1) is 65.4. The van der Waals surface area contributed by atoms with Gasteiger partial charge in [0.25, 0.3) is 0 Å². The van der Waals surface area contributed by atoms with Crippen molar-refractivity contribution in [1.29, 1.82) is 0 Å². The maximum atomic E-state index is 7.88. The van der Waals surface area contributed by atoms with Gasteiger partial charge in [-0.15, -0.1) is 0 Å². The molecule has 0 unspecified atom stereocenters. The molecule has 10 aromatic rings. The van der Waals surface area contributed by atoms with Crippen LogP contribution < -0.4 is 22.8 Å². The van der Waals surface area contributed by atoms with E-state index in [1.165, 1.54) is 61.5 Å². The molecule has 10 rings (SSSR count). The van der Waals surface area contributed by atoms with E-state index in [0.717, 1.165) is 63.3 Å². The minimum atomic E-state index is -1.31. The minimum absolute atomic E-state index is 0. The number of benzene rings is 5. The zero-order valence-electron chi connectivity index (χ0n) is 57.3. The normalized spacial score (nSPS) is 11.4. The van der Waals surface area contributed by atoms with Crippen molar-refractivity contribution in [3.63, 3.8) is 0 Å². The molecule has 0 radical (unpaired) electrons. The average Bonchev–Trinajstić information content (AvgIpc) is 0.829. The van der Waals surface area contributed by atoms with Crippen molar-refractivity contribution in [2.45, 2.75) is 145 Å². The third-order valence-electron chi connectivity index (χ3n) is 15.0. The maximum absolute atomic E-state index is 7.88. The lowest BCUT2D eigenvalue weighted by Crippen LogP contribution is -2.32. The molecule has 456 valence electrons. The Bertz CT molecular complexity index is 3950. The van der Waals surface area contributed by atoms with E-state index in [2.05, 4.69) is 191 Å². The molecular formula is C81H112N5+5. The molecule has 86 heavy (non-hydrogen) atoms. The molecule has 5 aromatic carbocycles. The van der Waals surface area contributed by atoms with Crippen LogP contribution in [0, 0.1) is 41.5 Å². The number of aromatic nitrogens is 5. The van der Waals surface area contributed by atoms with Crippen LogP contribution in [-0.4, -0.2) is 0 Å². The van der Waals surface area contributed by atoms with E-state index < -0.39 is 19.1 Å². The molecule has 0 saturated carbocycles. The Hall–Kier alpha value is -8.15. The van der Waals surface area contributed by atoms with E-state index in [9.17, 15) is 0 Å². The van der Waals surface area contributed by atoms with Gasteiger partial charge in [0, 0.05) is 96.2 Å². The second-order valence-electron chi connectivity index (χ2n) is 20.8. The largest absolute Gasteiger partial charge is 0.212 e. The molecule has 0 N–H and O–H groups in total. The molecule has 0 amide bonds. The molecule has 0 saturated heterocycles. The van der Waals surface area contributed by atoms with Gasteiger partial charge >= 0.3 is 0 Å². The molecule has 5 nitrogen and oxygen atoms in total. The lowest BCUT2D eigenvalue weighted by Gasteiger charge is -2.07. The fourth-order valence-corrected chi connectivity index (χ4v) is 9.90. The van der Waals surface area contributed by atoms with Crippen LogP contribution in [0.3, 0.4) is 0 Å². The van der Waals surface area contributed by atoms with Crippen molar-refractivity contribution in [2.75, 3.05) is 0 Å². The highest BCUT2D eigenvalue weighted by molar-refractivity contribution is 5.65. The summed E-state index contributed by atoms with van der Waals surface area (Å²) in [6, 6.07) is 60.2. The highest BCUT2D eigenvalue weighted by atomic mass is 14.9. The van der Waals surface area contributed by atoms with Gasteiger partial charge < -0.3 is 0 Å². The Labute approximate surface area is 533 Å². The quantitative estimate of drug-likeness (QED) is 0.122. The lowest BCUT2D eigenvalue weighted by molar-refractivity contribution is -0.660. The van der Waals surface area contributed by atoms with E-state index in [4.69, 9.17) is 8.22 Å². The molecule has 0 aliphatic rings. The summed E-state index contributed by atoms with van der Waals surface area (Å²) < 4.78 is 57.3. The van der Waals surface area contributed by atoms with Gasteiger partial charge in [-0.1, -0.05) is 151 Å². The fraction of sp³-hybridized carbons (Fsp3) is 0.321. The van der Waals surface area contributed by atoms with Crippen molar-refractivity contribution in [3.05, 3.63) is 268 Å². The average molecular weight is 1160 g/mol. The number of hydrogen-bond acceptors (Lipinski definition) is 0. The first-order valence-electron chi connectivity index (χ1n) is 31.3. The Morgan fingerprint density at radius 3 is 0.988 bits per heavy atom. The second kappa shape index (κ2) is 37.3. The van der Waals surface area contributed by atoms with Gasteiger partial charge in [0.2, 0.25) is 28.5 Å². The van der Waals surface area contributed by atoms with Gasteiger partial charge in [-0.2, -0.15) is 0 Å². The summed E-state index contributed by atoms with van der Waals surface area (Å²) in [6.07, 6.45) is 8.32. The van der Waals surface area contributed by atoms with Crippen LogP contribution in [0.15, 0.2) is 207 Å². The number of hydrogen-bond donors (Lipinski definition) is 0. The summed E-state index contributed by atoms with van der Waals surface area (Å²) in [6.45, 7) is 21.7. The van der Waals surface area contributed by atoms with Crippen LogP contribution in [-0.2, 0) is 67.2 Å². The van der Waals surface area contributed by atoms with E-state index in [1.807, 2.05) is 129 Å². The van der Waals surface area contributed by atoms with Gasteiger partial charge in [0.05, 0.1) is 0 Å². The summed E-state index contributed by atoms with van der Waals surface area (Å²) in [7, 11) is 10.2. The zero-order chi connectivity index (χ0) is 64.0. The van der Waals surface area contributed by atoms with Gasteiger partial charge in [-0.3, -0.25) is 0 Å². The summed E-state index contributed by atoms with van der Waals surface area (Å²) in [4.78, 5) is 0. The van der Waals surface area contributed by atoms with Gasteiger partial charge in [-0.25, -0.2) is 22.8 Å². The summed E-state index contributed by atoms with van der Waals surface area (Å²) in [5, 5.41) is 0. The molecule has 0 spiro atoms. The number of nitrogens with zero attached hydrogens (tertiary/aromatic N) is 5. The predicted octanol–water partition coefficient (Wildman–Crippen LogP) is 18.7. The molecule has 5 aromatic heterocycles. The Balaban J connectivity index is 0.000000568. The van der Waals surface area contributed by atoms with Crippen LogP contribution >= 0.6 is 0 Å². The Morgan fingerprint density at radius 1 is 0.279 bits per heavy atom. The Kier molecular flexibility index (Phi) is 28.4. The topological polar surface area (TPSA) is 19.4 Å². The number of pyridine rings is 5. The summed E-state index contributed by atoms with van der Waals surface area (Å²) >= 11 is 0. The molecule has 5 heteroatoms. The SMILES string of the molecule is C.C.C.C.C.CCc1cc[n+](C)c(-c2ccccc2C)c1.CCc1ccc(-c2cccc[n+]2C)c(C)c1.[2H]C([2H])(C)c1c[n+](C)c(-c2ccccc2C)cc1C.[2H]C([2H])(C)c1cc[n+](C)c(-c2ccccc2C)c1.[2H]C([2H])(C)c1ccc(-c2cccc[n+]2C)c(C)c1. The molecule has 0 aliphatic heterocycles. The molecule has 5 heterocycles. The zero-order valence-corrected chi connectivity index (χ0v) is 51.3. The summed E-state index contributed by atoms with van der Waals surface area (Å²) in [5.74, 6) is 0. The number of rotatable bonds is 10. The van der Waals surface area contributed by atoms with Crippen molar-refractivity contribution in [1.82, 2.24) is 0 Å². The molecule has 0 atom stereocenters. The van der Waals surface area contributed by atoms with E-state index in [0.29, 0.717) is 5.56 Å². The van der Waals surface area contributed by atoms with Gasteiger partial charge in [0.15, 0.2) is 31.0 Å². The van der Waals surface area contributed by atoms with Crippen LogP contribution in [0.2, 0.25) is 0 Å². The molecule has 0 aliphatic carbocycles. The monoisotopic (exact) mass is 1160 g/mol. The third kappa shape index (κ3) is 20.3. The van der Waals surface area contributed by atoms with E-state index >= 15 is 0 Å². The van der Waals surface area contributed by atoms with E-state index in [-0.39, 0.29) is 37.1 Å². The standard InChI is InChI=1S/C16H20N.4C15H18N.5CH4/c1-5-14-11-17(4)16(10-13(14)3)15-9-7-6-8-12(15)2;2*1-4-13-8-9-14(12(2)11-13)15-7-5-6-10-16(15)3;2*1-4-13-9-10-16(3)15(11-13)14-8-6-5-7-12(14)2;;;;;/h6-11H,5H2,1-4H3;4*5-11H,4H2,1-3H3;5*1H4/q5*+1;;;;;/i5D2;4D2;;4D2;;;;;;. The van der Waals surface area contributed by atoms with E-state index in [1.54, 1.807) is 20.8 Å². The van der Waals surface area contributed by atoms with Crippen molar-refractivity contribution in [3.8, 4) is 56.3 Å². The second-order valence-corrected chi connectivity index (χ2v) is 20.8. The smallest absolute Gasteiger partial charge is 0.201 e. The molecule has 0 bridgehead atoms. The van der Waals surface area contributed by atoms with Crippen molar-refractivity contribution >= 4 is 0 Å². The molecular weight excluding hydrogens is 1040 g/mol. The first-order chi connectivity index (χ1) is 41.0. The van der Waals surface area contributed by atoms with Gasteiger partial charge in [0.1, 0.15) is 35.2 Å². The third-order valence-corrected chi connectivity index (χ3v) is 15.0. The number of aryl methyl sites for hydroxylation is 16. The molecule has 0 fully saturated rings. The maximum Gasteiger partial charge on any atom is 0.212 e. The van der Waals surface area contributed by atoms with Crippen LogP contribution in [0.25, 0.3) is 56.3 Å². The first-order valence-corrected chi connectivity index (χ1v) is 28.3. The van der Waals surface area contributed by atoms with Gasteiger partial charge in [-0.05, 0) is 172 Å².